The number of carbonyl (C=O) groups excluding carboxylic acids is 1. The first-order valence-corrected chi connectivity index (χ1v) is 6.77. The topological polar surface area (TPSA) is 41.1 Å². The van der Waals surface area contributed by atoms with Crippen LogP contribution in [0.5, 0.6) is 0 Å². The van der Waals surface area contributed by atoms with Crippen LogP contribution in [0.1, 0.15) is 32.6 Å². The molecule has 98 valence electrons. The number of halogens is 1. The molecule has 0 aromatic heterocycles. The van der Waals surface area contributed by atoms with Crippen molar-refractivity contribution in [1.29, 1.82) is 0 Å². The van der Waals surface area contributed by atoms with Crippen molar-refractivity contribution in [2.24, 2.45) is 0 Å². The number of nitrogens with one attached hydrogen (secondary N) is 2. The molecule has 3 nitrogen and oxygen atoms in total. The third kappa shape index (κ3) is 5.47. The molecular weight excluding hydrogens is 268 g/mol. The summed E-state index contributed by atoms with van der Waals surface area (Å²) in [5.41, 5.74) is 0.693. The van der Waals surface area contributed by atoms with Crippen molar-refractivity contribution in [2.45, 2.75) is 32.6 Å². The number of thiocarbonyl (C=S) groups is 1. The van der Waals surface area contributed by atoms with Gasteiger partial charge in [-0.1, -0.05) is 43.5 Å². The van der Waals surface area contributed by atoms with Gasteiger partial charge in [-0.05, 0) is 30.8 Å². The molecule has 2 N–H and O–H groups in total. The molecule has 1 aromatic rings. The van der Waals surface area contributed by atoms with Gasteiger partial charge in [0.2, 0.25) is 5.91 Å². The van der Waals surface area contributed by atoms with Crippen molar-refractivity contribution in [1.82, 2.24) is 5.32 Å². The summed E-state index contributed by atoms with van der Waals surface area (Å²) in [5, 5.41) is 6.39. The number of carbonyl (C=O) groups is 1. The molecule has 0 radical (unpaired) electrons. The summed E-state index contributed by atoms with van der Waals surface area (Å²) in [7, 11) is 0. The fraction of sp³-hybridized carbons (Fsp3) is 0.385. The van der Waals surface area contributed by atoms with E-state index in [4.69, 9.17) is 23.8 Å². The molecule has 1 aromatic carbocycles. The summed E-state index contributed by atoms with van der Waals surface area (Å²) in [6, 6.07) is 7.24. The SMILES string of the molecule is CCCCCC(=O)NC(=S)Nc1ccccc1Cl. The predicted octanol–water partition coefficient (Wildman–Crippen LogP) is 3.73. The molecular formula is C13H17ClN2OS. The van der Waals surface area contributed by atoms with Crippen molar-refractivity contribution in [3.63, 3.8) is 0 Å². The van der Waals surface area contributed by atoms with Gasteiger partial charge in [0.15, 0.2) is 5.11 Å². The molecule has 1 rings (SSSR count). The zero-order chi connectivity index (χ0) is 13.4. The number of rotatable bonds is 5. The quantitative estimate of drug-likeness (QED) is 0.639. The maximum absolute atomic E-state index is 11.5. The molecule has 0 saturated heterocycles. The summed E-state index contributed by atoms with van der Waals surface area (Å²) in [5.74, 6) is -0.0620. The first kappa shape index (κ1) is 14.9. The second-order valence-corrected chi connectivity index (χ2v) is 4.75. The van der Waals surface area contributed by atoms with E-state index in [-0.39, 0.29) is 11.0 Å². The van der Waals surface area contributed by atoms with Crippen LogP contribution in [-0.4, -0.2) is 11.0 Å². The van der Waals surface area contributed by atoms with Crippen LogP contribution in [0.3, 0.4) is 0 Å². The van der Waals surface area contributed by atoms with Gasteiger partial charge in [-0.25, -0.2) is 0 Å². The standard InChI is InChI=1S/C13H17ClN2OS/c1-2-3-4-9-12(17)16-13(18)15-11-8-6-5-7-10(11)14/h5-8H,2-4,9H2,1H3,(H2,15,16,17,18). The van der Waals surface area contributed by atoms with E-state index in [2.05, 4.69) is 17.6 Å². The van der Waals surface area contributed by atoms with E-state index in [1.165, 1.54) is 0 Å². The van der Waals surface area contributed by atoms with Gasteiger partial charge in [0.1, 0.15) is 0 Å². The van der Waals surface area contributed by atoms with Crippen LogP contribution >= 0.6 is 23.8 Å². The van der Waals surface area contributed by atoms with E-state index >= 15 is 0 Å². The van der Waals surface area contributed by atoms with E-state index < -0.39 is 0 Å². The van der Waals surface area contributed by atoms with Crippen molar-refractivity contribution < 1.29 is 4.79 Å². The first-order chi connectivity index (χ1) is 8.63. The minimum Gasteiger partial charge on any atom is -0.331 e. The van der Waals surface area contributed by atoms with Crippen LogP contribution in [0.4, 0.5) is 5.69 Å². The number of hydrogen-bond donors (Lipinski definition) is 2. The summed E-state index contributed by atoms with van der Waals surface area (Å²) < 4.78 is 0. The second-order valence-electron chi connectivity index (χ2n) is 3.94. The highest BCUT2D eigenvalue weighted by molar-refractivity contribution is 7.80. The normalized spacial score (nSPS) is 9.89. The van der Waals surface area contributed by atoms with Crippen molar-refractivity contribution >= 4 is 40.5 Å². The van der Waals surface area contributed by atoms with E-state index in [0.717, 1.165) is 19.3 Å². The molecule has 5 heteroatoms. The average Bonchev–Trinajstić information content (AvgIpc) is 2.32. The van der Waals surface area contributed by atoms with Gasteiger partial charge >= 0.3 is 0 Å². The van der Waals surface area contributed by atoms with Crippen molar-refractivity contribution in [3.05, 3.63) is 29.3 Å². The average molecular weight is 285 g/mol. The summed E-state index contributed by atoms with van der Waals surface area (Å²) in [6.45, 7) is 2.10. The third-order valence-electron chi connectivity index (χ3n) is 2.38. The minimum atomic E-state index is -0.0620. The Labute approximate surface area is 118 Å². The number of hydrogen-bond acceptors (Lipinski definition) is 2. The number of benzene rings is 1. The Kier molecular flexibility index (Phi) is 6.68. The maximum atomic E-state index is 11.5. The third-order valence-corrected chi connectivity index (χ3v) is 2.92. The Hall–Kier alpha value is -1.13. The van der Waals surface area contributed by atoms with Gasteiger partial charge in [-0.3, -0.25) is 4.79 Å². The van der Waals surface area contributed by atoms with Gasteiger partial charge in [0, 0.05) is 6.42 Å². The fourth-order valence-corrected chi connectivity index (χ4v) is 1.85. The highest BCUT2D eigenvalue weighted by atomic mass is 35.5. The van der Waals surface area contributed by atoms with Crippen LogP contribution in [0.25, 0.3) is 0 Å². The zero-order valence-corrected chi connectivity index (χ0v) is 11.9. The molecule has 0 fully saturated rings. The van der Waals surface area contributed by atoms with E-state index in [1.54, 1.807) is 12.1 Å². The molecule has 0 aliphatic carbocycles. The molecule has 0 atom stereocenters. The molecule has 0 spiro atoms. The van der Waals surface area contributed by atoms with Gasteiger partial charge in [0.05, 0.1) is 10.7 Å². The monoisotopic (exact) mass is 284 g/mol. The van der Waals surface area contributed by atoms with Crippen LogP contribution in [0.15, 0.2) is 24.3 Å². The van der Waals surface area contributed by atoms with E-state index in [1.807, 2.05) is 12.1 Å². The molecule has 0 unspecified atom stereocenters. The van der Waals surface area contributed by atoms with Crippen LogP contribution < -0.4 is 10.6 Å². The maximum Gasteiger partial charge on any atom is 0.226 e. The number of para-hydroxylation sites is 1. The highest BCUT2D eigenvalue weighted by Crippen LogP contribution is 2.20. The number of amides is 1. The lowest BCUT2D eigenvalue weighted by Gasteiger charge is -2.10. The lowest BCUT2D eigenvalue weighted by molar-refractivity contribution is -0.119. The molecule has 0 aliphatic rings. The molecule has 0 saturated carbocycles. The van der Waals surface area contributed by atoms with Gasteiger partial charge in [-0.2, -0.15) is 0 Å². The number of anilines is 1. The summed E-state index contributed by atoms with van der Waals surface area (Å²) in [6.07, 6.45) is 3.53. The Morgan fingerprint density at radius 1 is 1.33 bits per heavy atom. The Bertz CT molecular complexity index is 423. The summed E-state index contributed by atoms with van der Waals surface area (Å²) >= 11 is 11.0. The van der Waals surface area contributed by atoms with Crippen LogP contribution in [0, 0.1) is 0 Å². The molecule has 18 heavy (non-hydrogen) atoms. The van der Waals surface area contributed by atoms with Crippen LogP contribution in [-0.2, 0) is 4.79 Å². The second kappa shape index (κ2) is 8.06. The minimum absolute atomic E-state index is 0.0620. The zero-order valence-electron chi connectivity index (χ0n) is 10.3. The molecule has 0 heterocycles. The fourth-order valence-electron chi connectivity index (χ4n) is 1.44. The van der Waals surface area contributed by atoms with Gasteiger partial charge in [0.25, 0.3) is 0 Å². The Morgan fingerprint density at radius 2 is 2.06 bits per heavy atom. The van der Waals surface area contributed by atoms with Crippen LogP contribution in [0.2, 0.25) is 5.02 Å². The van der Waals surface area contributed by atoms with Crippen molar-refractivity contribution in [3.8, 4) is 0 Å². The first-order valence-electron chi connectivity index (χ1n) is 5.99. The molecule has 1 amide bonds. The largest absolute Gasteiger partial charge is 0.331 e. The molecule has 0 aliphatic heterocycles. The Morgan fingerprint density at radius 3 is 2.72 bits per heavy atom. The van der Waals surface area contributed by atoms with E-state index in [9.17, 15) is 4.79 Å². The lowest BCUT2D eigenvalue weighted by atomic mass is 10.2. The van der Waals surface area contributed by atoms with E-state index in [0.29, 0.717) is 17.1 Å². The smallest absolute Gasteiger partial charge is 0.226 e. The Balaban J connectivity index is 2.38. The lowest BCUT2D eigenvalue weighted by Crippen LogP contribution is -2.33. The highest BCUT2D eigenvalue weighted by Gasteiger charge is 2.05. The van der Waals surface area contributed by atoms with Crippen molar-refractivity contribution in [2.75, 3.05) is 5.32 Å². The summed E-state index contributed by atoms with van der Waals surface area (Å²) in [4.78, 5) is 11.5. The van der Waals surface area contributed by atoms with Gasteiger partial charge < -0.3 is 10.6 Å². The molecule has 0 bridgehead atoms. The predicted molar refractivity (Wildman–Crippen MR) is 80.0 cm³/mol. The number of unbranched alkanes of at least 4 members (excludes halogenated alkanes) is 2. The van der Waals surface area contributed by atoms with Gasteiger partial charge in [-0.15, -0.1) is 0 Å².